The highest BCUT2D eigenvalue weighted by atomic mass is 16.5. The molecule has 1 N–H and O–H groups in total. The molecule has 1 aliphatic carbocycles. The summed E-state index contributed by atoms with van der Waals surface area (Å²) >= 11 is 0. The van der Waals surface area contributed by atoms with Crippen LogP contribution in [0, 0.1) is 5.92 Å². The summed E-state index contributed by atoms with van der Waals surface area (Å²) < 4.78 is 5.10. The summed E-state index contributed by atoms with van der Waals surface area (Å²) in [4.78, 5) is 10.5. The first-order valence-electron chi connectivity index (χ1n) is 3.58. The van der Waals surface area contributed by atoms with E-state index in [0.29, 0.717) is 6.42 Å². The third-order valence-electron chi connectivity index (χ3n) is 2.08. The van der Waals surface area contributed by atoms with E-state index in [1.807, 2.05) is 19.1 Å². The molecule has 1 rings (SSSR count). The zero-order valence-corrected chi connectivity index (χ0v) is 6.70. The van der Waals surface area contributed by atoms with Crippen LogP contribution in [-0.4, -0.2) is 23.8 Å². The Balaban J connectivity index is 2.63. The Bertz CT molecular complexity index is 198. The smallest absolute Gasteiger partial charge is 0.309 e. The van der Waals surface area contributed by atoms with Crippen LogP contribution in [0.1, 0.15) is 13.3 Å². The number of hydrogen-bond donors (Lipinski definition) is 1. The van der Waals surface area contributed by atoms with Crippen LogP contribution < -0.4 is 0 Å². The third kappa shape index (κ3) is 1.28. The van der Waals surface area contributed by atoms with Crippen LogP contribution in [0.4, 0.5) is 0 Å². The van der Waals surface area contributed by atoms with Crippen LogP contribution in [0.15, 0.2) is 12.2 Å². The van der Waals surface area contributed by atoms with Gasteiger partial charge in [-0.25, -0.2) is 0 Å². The van der Waals surface area contributed by atoms with Gasteiger partial charge in [0.05, 0.1) is 5.92 Å². The number of hydrogen-bond acceptors (Lipinski definition) is 2. The molecule has 0 amide bonds. The maximum absolute atomic E-state index is 10.5. The number of methoxy groups -OCH3 is 1. The highest BCUT2D eigenvalue weighted by molar-refractivity contribution is 5.76. The minimum absolute atomic E-state index is 0.344. The van der Waals surface area contributed by atoms with E-state index in [4.69, 9.17) is 9.84 Å². The molecule has 2 unspecified atom stereocenters. The van der Waals surface area contributed by atoms with Gasteiger partial charge >= 0.3 is 5.97 Å². The van der Waals surface area contributed by atoms with Gasteiger partial charge in [0.1, 0.15) is 5.60 Å². The van der Waals surface area contributed by atoms with Gasteiger partial charge in [0.15, 0.2) is 0 Å². The lowest BCUT2D eigenvalue weighted by molar-refractivity contribution is -0.140. The van der Waals surface area contributed by atoms with Gasteiger partial charge < -0.3 is 9.84 Å². The molecule has 0 spiro atoms. The summed E-state index contributed by atoms with van der Waals surface area (Å²) in [5, 5.41) is 8.63. The first kappa shape index (κ1) is 8.27. The van der Waals surface area contributed by atoms with Crippen molar-refractivity contribution in [3.63, 3.8) is 0 Å². The summed E-state index contributed by atoms with van der Waals surface area (Å²) in [7, 11) is 1.54. The quantitative estimate of drug-likeness (QED) is 0.621. The molecule has 3 nitrogen and oxygen atoms in total. The Morgan fingerprint density at radius 3 is 2.73 bits per heavy atom. The molecule has 1 aliphatic rings. The van der Waals surface area contributed by atoms with E-state index < -0.39 is 11.6 Å². The predicted molar refractivity (Wildman–Crippen MR) is 40.3 cm³/mol. The number of carboxylic acid groups (broad SMARTS) is 1. The number of carbonyl (C=O) groups is 1. The number of rotatable bonds is 3. The van der Waals surface area contributed by atoms with Crippen molar-refractivity contribution in [1.82, 2.24) is 0 Å². The standard InChI is InChI=1S/C8H12O3/c1-3-4-8(11-2)5-6(8)7(9)10/h3-4,6H,5H2,1-2H3,(H,9,10). The SMILES string of the molecule is CC=CC1(OC)CC1C(=O)O. The third-order valence-corrected chi connectivity index (χ3v) is 2.08. The van der Waals surface area contributed by atoms with Gasteiger partial charge in [-0.2, -0.15) is 0 Å². The molecule has 0 aromatic carbocycles. The lowest BCUT2D eigenvalue weighted by atomic mass is 10.2. The molecule has 11 heavy (non-hydrogen) atoms. The van der Waals surface area contributed by atoms with Crippen LogP contribution in [-0.2, 0) is 9.53 Å². The maximum atomic E-state index is 10.5. The fourth-order valence-electron chi connectivity index (χ4n) is 1.32. The molecule has 0 bridgehead atoms. The van der Waals surface area contributed by atoms with Crippen LogP contribution in [0.3, 0.4) is 0 Å². The van der Waals surface area contributed by atoms with E-state index >= 15 is 0 Å². The van der Waals surface area contributed by atoms with Crippen molar-refractivity contribution in [2.75, 3.05) is 7.11 Å². The summed E-state index contributed by atoms with van der Waals surface area (Å²) in [5.41, 5.74) is -0.499. The Kier molecular flexibility index (Phi) is 2.00. The molecule has 2 atom stereocenters. The lowest BCUT2D eigenvalue weighted by Crippen LogP contribution is -2.16. The van der Waals surface area contributed by atoms with Crippen molar-refractivity contribution < 1.29 is 14.6 Å². The highest BCUT2D eigenvalue weighted by Crippen LogP contribution is 2.47. The number of carboxylic acids is 1. The van der Waals surface area contributed by atoms with Gasteiger partial charge in [0.2, 0.25) is 0 Å². The van der Waals surface area contributed by atoms with E-state index in [0.717, 1.165) is 0 Å². The van der Waals surface area contributed by atoms with Crippen LogP contribution in [0.25, 0.3) is 0 Å². The first-order chi connectivity index (χ1) is 5.16. The molecule has 0 heterocycles. The second-order valence-corrected chi connectivity index (χ2v) is 2.75. The number of ether oxygens (including phenoxy) is 1. The molecule has 1 fully saturated rings. The van der Waals surface area contributed by atoms with Gasteiger partial charge in [-0.05, 0) is 13.3 Å². The van der Waals surface area contributed by atoms with Gasteiger partial charge in [0.25, 0.3) is 0 Å². The van der Waals surface area contributed by atoms with Gasteiger partial charge in [-0.15, -0.1) is 0 Å². The Morgan fingerprint density at radius 2 is 2.45 bits per heavy atom. The summed E-state index contributed by atoms with van der Waals surface area (Å²) in [6.07, 6.45) is 4.24. The van der Waals surface area contributed by atoms with Crippen molar-refractivity contribution in [2.45, 2.75) is 18.9 Å². The zero-order chi connectivity index (χ0) is 8.48. The van der Waals surface area contributed by atoms with E-state index in [1.54, 1.807) is 7.11 Å². The molecule has 1 saturated carbocycles. The van der Waals surface area contributed by atoms with Crippen LogP contribution in [0.5, 0.6) is 0 Å². The second kappa shape index (κ2) is 2.66. The predicted octanol–water partition coefficient (Wildman–Crippen LogP) is 1.05. The van der Waals surface area contributed by atoms with Crippen molar-refractivity contribution in [1.29, 1.82) is 0 Å². The molecule has 0 radical (unpaired) electrons. The summed E-state index contributed by atoms with van der Waals surface area (Å²) in [6, 6.07) is 0. The van der Waals surface area contributed by atoms with Gasteiger partial charge in [-0.3, -0.25) is 4.79 Å². The zero-order valence-electron chi connectivity index (χ0n) is 6.70. The van der Waals surface area contributed by atoms with Crippen molar-refractivity contribution in [2.24, 2.45) is 5.92 Å². The highest BCUT2D eigenvalue weighted by Gasteiger charge is 2.57. The van der Waals surface area contributed by atoms with Crippen molar-refractivity contribution >= 4 is 5.97 Å². The van der Waals surface area contributed by atoms with E-state index in [2.05, 4.69) is 0 Å². The molecular weight excluding hydrogens is 144 g/mol. The lowest BCUT2D eigenvalue weighted by Gasteiger charge is -2.07. The van der Waals surface area contributed by atoms with E-state index in [-0.39, 0.29) is 5.92 Å². The average Bonchev–Trinajstić information content (AvgIpc) is 2.65. The monoisotopic (exact) mass is 156 g/mol. The Labute approximate surface area is 65.7 Å². The Morgan fingerprint density at radius 1 is 1.82 bits per heavy atom. The molecule has 62 valence electrons. The number of allylic oxidation sites excluding steroid dienone is 1. The van der Waals surface area contributed by atoms with Crippen LogP contribution in [0.2, 0.25) is 0 Å². The van der Waals surface area contributed by atoms with E-state index in [9.17, 15) is 4.79 Å². The molecule has 0 aliphatic heterocycles. The van der Waals surface area contributed by atoms with Gasteiger partial charge in [0, 0.05) is 7.11 Å². The van der Waals surface area contributed by atoms with E-state index in [1.165, 1.54) is 0 Å². The second-order valence-electron chi connectivity index (χ2n) is 2.75. The molecule has 0 saturated heterocycles. The topological polar surface area (TPSA) is 46.5 Å². The first-order valence-corrected chi connectivity index (χ1v) is 3.58. The molecule has 0 aromatic heterocycles. The molecule has 0 aromatic rings. The van der Waals surface area contributed by atoms with Gasteiger partial charge in [-0.1, -0.05) is 12.2 Å². The molecular formula is C8H12O3. The molecule has 3 heteroatoms. The minimum Gasteiger partial charge on any atom is -0.481 e. The minimum atomic E-state index is -0.773. The van der Waals surface area contributed by atoms with Crippen LogP contribution >= 0.6 is 0 Å². The largest absolute Gasteiger partial charge is 0.481 e. The summed E-state index contributed by atoms with van der Waals surface area (Å²) in [5.74, 6) is -1.12. The Hall–Kier alpha value is -0.830. The normalized spacial score (nSPS) is 36.0. The summed E-state index contributed by atoms with van der Waals surface area (Å²) in [6.45, 7) is 1.86. The number of aliphatic carboxylic acids is 1. The fraction of sp³-hybridized carbons (Fsp3) is 0.625. The fourth-order valence-corrected chi connectivity index (χ4v) is 1.32. The average molecular weight is 156 g/mol. The van der Waals surface area contributed by atoms with Crippen molar-refractivity contribution in [3.8, 4) is 0 Å². The van der Waals surface area contributed by atoms with Crippen molar-refractivity contribution in [3.05, 3.63) is 12.2 Å². The maximum Gasteiger partial charge on any atom is 0.309 e.